The molecule has 3 rings (SSSR count). The number of rotatable bonds is 7. The number of benzene rings is 2. The maximum Gasteiger partial charge on any atom is 0.314 e. The minimum atomic E-state index is -0.160. The zero-order valence-electron chi connectivity index (χ0n) is 15.8. The molecule has 2 amide bonds. The molecule has 0 radical (unpaired) electrons. The molecule has 0 atom stereocenters. The third-order valence-electron chi connectivity index (χ3n) is 4.56. The summed E-state index contributed by atoms with van der Waals surface area (Å²) in [5, 5.41) is 10.2. The van der Waals surface area contributed by atoms with E-state index in [-0.39, 0.29) is 11.4 Å². The summed E-state index contributed by atoms with van der Waals surface area (Å²) in [6.07, 6.45) is 0. The second-order valence-corrected chi connectivity index (χ2v) is 7.18. The summed E-state index contributed by atoms with van der Waals surface area (Å²) in [6.45, 7) is 5.95. The number of hydrogen-bond donors (Lipinski definition) is 3. The SMILES string of the molecule is CC(C)(CNC(=O)NCCNc1ccc2ccccc2n1)c1ccccc1. The van der Waals surface area contributed by atoms with Crippen molar-refractivity contribution < 1.29 is 4.79 Å². The fraction of sp³-hybridized carbons (Fsp3) is 0.273. The molecule has 0 spiro atoms. The number of pyridine rings is 1. The van der Waals surface area contributed by atoms with Gasteiger partial charge in [0.25, 0.3) is 0 Å². The van der Waals surface area contributed by atoms with E-state index in [2.05, 4.69) is 46.9 Å². The monoisotopic (exact) mass is 362 g/mol. The van der Waals surface area contributed by atoms with Gasteiger partial charge < -0.3 is 16.0 Å². The van der Waals surface area contributed by atoms with Crippen LogP contribution in [0.3, 0.4) is 0 Å². The number of urea groups is 1. The van der Waals surface area contributed by atoms with Gasteiger partial charge >= 0.3 is 6.03 Å². The van der Waals surface area contributed by atoms with E-state index in [0.29, 0.717) is 19.6 Å². The Morgan fingerprint density at radius 1 is 0.889 bits per heavy atom. The molecule has 3 N–H and O–H groups in total. The van der Waals surface area contributed by atoms with Crippen LogP contribution in [0.4, 0.5) is 10.6 Å². The molecule has 0 fully saturated rings. The molecule has 0 bridgehead atoms. The molecule has 140 valence electrons. The number of anilines is 1. The van der Waals surface area contributed by atoms with E-state index >= 15 is 0 Å². The molecule has 0 saturated heterocycles. The molecular weight excluding hydrogens is 336 g/mol. The maximum absolute atomic E-state index is 12.0. The smallest absolute Gasteiger partial charge is 0.314 e. The van der Waals surface area contributed by atoms with Crippen molar-refractivity contribution in [1.82, 2.24) is 15.6 Å². The normalized spacial score (nSPS) is 11.2. The van der Waals surface area contributed by atoms with Crippen LogP contribution < -0.4 is 16.0 Å². The Balaban J connectivity index is 1.40. The fourth-order valence-corrected chi connectivity index (χ4v) is 2.89. The first-order valence-electron chi connectivity index (χ1n) is 9.21. The molecule has 1 aromatic heterocycles. The van der Waals surface area contributed by atoms with E-state index in [4.69, 9.17) is 0 Å². The van der Waals surface area contributed by atoms with Gasteiger partial charge in [-0.05, 0) is 23.8 Å². The van der Waals surface area contributed by atoms with Crippen LogP contribution in [0.15, 0.2) is 66.7 Å². The van der Waals surface area contributed by atoms with Gasteiger partial charge in [-0.25, -0.2) is 9.78 Å². The lowest BCUT2D eigenvalue weighted by atomic mass is 9.85. The van der Waals surface area contributed by atoms with Gasteiger partial charge in [-0.1, -0.05) is 62.4 Å². The minimum absolute atomic E-state index is 0.119. The highest BCUT2D eigenvalue weighted by Crippen LogP contribution is 2.21. The summed E-state index contributed by atoms with van der Waals surface area (Å²) >= 11 is 0. The van der Waals surface area contributed by atoms with Gasteiger partial charge in [-0.15, -0.1) is 0 Å². The lowest BCUT2D eigenvalue weighted by Crippen LogP contribution is -2.43. The van der Waals surface area contributed by atoms with E-state index < -0.39 is 0 Å². The first kappa shape index (κ1) is 18.7. The summed E-state index contributed by atoms with van der Waals surface area (Å²) in [5.41, 5.74) is 2.04. The predicted octanol–water partition coefficient (Wildman–Crippen LogP) is 3.92. The lowest BCUT2D eigenvalue weighted by molar-refractivity contribution is 0.239. The average Bonchev–Trinajstić information content (AvgIpc) is 2.70. The van der Waals surface area contributed by atoms with Crippen molar-refractivity contribution in [2.75, 3.05) is 25.0 Å². The number of nitrogens with one attached hydrogen (secondary N) is 3. The third-order valence-corrected chi connectivity index (χ3v) is 4.56. The predicted molar refractivity (Wildman–Crippen MR) is 111 cm³/mol. The number of hydrogen-bond acceptors (Lipinski definition) is 3. The Labute approximate surface area is 160 Å². The van der Waals surface area contributed by atoms with Gasteiger partial charge in [0.2, 0.25) is 0 Å². The highest BCUT2D eigenvalue weighted by Gasteiger charge is 2.20. The van der Waals surface area contributed by atoms with E-state index in [1.807, 2.05) is 54.6 Å². The highest BCUT2D eigenvalue weighted by atomic mass is 16.2. The molecule has 0 aliphatic rings. The zero-order valence-corrected chi connectivity index (χ0v) is 15.8. The lowest BCUT2D eigenvalue weighted by Gasteiger charge is -2.25. The van der Waals surface area contributed by atoms with E-state index in [1.54, 1.807) is 0 Å². The van der Waals surface area contributed by atoms with Crippen molar-refractivity contribution in [2.45, 2.75) is 19.3 Å². The molecule has 0 aliphatic heterocycles. The number of aromatic nitrogens is 1. The number of carbonyl (C=O) groups is 1. The van der Waals surface area contributed by atoms with Gasteiger partial charge in [0.05, 0.1) is 5.52 Å². The molecule has 27 heavy (non-hydrogen) atoms. The van der Waals surface area contributed by atoms with Crippen LogP contribution in [-0.4, -0.2) is 30.6 Å². The molecule has 5 nitrogen and oxygen atoms in total. The van der Waals surface area contributed by atoms with Crippen molar-refractivity contribution >= 4 is 22.8 Å². The molecular formula is C22H26N4O. The molecule has 2 aromatic carbocycles. The first-order valence-corrected chi connectivity index (χ1v) is 9.21. The summed E-state index contributed by atoms with van der Waals surface area (Å²) in [7, 11) is 0. The fourth-order valence-electron chi connectivity index (χ4n) is 2.89. The third kappa shape index (κ3) is 5.20. The van der Waals surface area contributed by atoms with Gasteiger partial charge in [0, 0.05) is 30.4 Å². The number of para-hydroxylation sites is 1. The van der Waals surface area contributed by atoms with Crippen LogP contribution in [0.25, 0.3) is 10.9 Å². The van der Waals surface area contributed by atoms with Gasteiger partial charge in [0.1, 0.15) is 5.82 Å². The Hall–Kier alpha value is -3.08. The summed E-state index contributed by atoms with van der Waals surface area (Å²) in [4.78, 5) is 16.6. The van der Waals surface area contributed by atoms with Crippen LogP contribution in [-0.2, 0) is 5.41 Å². The molecule has 1 heterocycles. The van der Waals surface area contributed by atoms with E-state index in [0.717, 1.165) is 16.7 Å². The Morgan fingerprint density at radius 3 is 2.44 bits per heavy atom. The second kappa shape index (κ2) is 8.54. The Kier molecular flexibility index (Phi) is 5.91. The van der Waals surface area contributed by atoms with Crippen LogP contribution in [0.1, 0.15) is 19.4 Å². The average molecular weight is 362 g/mol. The topological polar surface area (TPSA) is 66.1 Å². The Bertz CT molecular complexity index is 893. The molecule has 0 saturated carbocycles. The largest absolute Gasteiger partial charge is 0.368 e. The standard InChI is InChI=1S/C22H26N4O/c1-22(2,18-9-4-3-5-10-18)16-25-21(27)24-15-14-23-20-13-12-17-8-6-7-11-19(17)26-20/h3-13H,14-16H2,1-2H3,(H,23,26)(H2,24,25,27). The quantitative estimate of drug-likeness (QED) is 0.558. The summed E-state index contributed by atoms with van der Waals surface area (Å²) < 4.78 is 0. The van der Waals surface area contributed by atoms with Gasteiger partial charge in [0.15, 0.2) is 0 Å². The van der Waals surface area contributed by atoms with Crippen molar-refractivity contribution in [1.29, 1.82) is 0 Å². The van der Waals surface area contributed by atoms with Gasteiger partial charge in [-0.2, -0.15) is 0 Å². The Morgan fingerprint density at radius 2 is 1.63 bits per heavy atom. The van der Waals surface area contributed by atoms with Crippen LogP contribution in [0.5, 0.6) is 0 Å². The molecule has 3 aromatic rings. The second-order valence-electron chi connectivity index (χ2n) is 7.18. The maximum atomic E-state index is 12.0. The minimum Gasteiger partial charge on any atom is -0.368 e. The van der Waals surface area contributed by atoms with Crippen molar-refractivity contribution in [3.63, 3.8) is 0 Å². The molecule has 5 heteroatoms. The summed E-state index contributed by atoms with van der Waals surface area (Å²) in [6, 6.07) is 22.0. The van der Waals surface area contributed by atoms with Gasteiger partial charge in [-0.3, -0.25) is 0 Å². The van der Waals surface area contributed by atoms with Crippen LogP contribution in [0.2, 0.25) is 0 Å². The number of carbonyl (C=O) groups excluding carboxylic acids is 1. The highest BCUT2D eigenvalue weighted by molar-refractivity contribution is 5.80. The zero-order chi connectivity index (χ0) is 19.1. The number of amides is 2. The van der Waals surface area contributed by atoms with Crippen LogP contribution >= 0.6 is 0 Å². The number of fused-ring (bicyclic) bond motifs is 1. The molecule has 0 unspecified atom stereocenters. The molecule has 0 aliphatic carbocycles. The van der Waals surface area contributed by atoms with Crippen molar-refractivity contribution in [3.8, 4) is 0 Å². The van der Waals surface area contributed by atoms with Crippen molar-refractivity contribution in [3.05, 3.63) is 72.3 Å². The summed E-state index contributed by atoms with van der Waals surface area (Å²) in [5.74, 6) is 0.807. The van der Waals surface area contributed by atoms with E-state index in [1.165, 1.54) is 5.56 Å². The first-order chi connectivity index (χ1) is 13.0. The number of nitrogens with zero attached hydrogens (tertiary/aromatic N) is 1. The van der Waals surface area contributed by atoms with Crippen LogP contribution in [0, 0.1) is 0 Å². The van der Waals surface area contributed by atoms with Crippen molar-refractivity contribution in [2.24, 2.45) is 0 Å². The van der Waals surface area contributed by atoms with E-state index in [9.17, 15) is 4.79 Å².